The Labute approximate surface area is 176 Å². The molecule has 2 fully saturated rings. The number of alkyl halides is 1. The number of ether oxygens (including phenoxy) is 2. The lowest BCUT2D eigenvalue weighted by Gasteiger charge is -2.25. The lowest BCUT2D eigenvalue weighted by Crippen LogP contribution is -2.36. The molecule has 0 spiro atoms. The van der Waals surface area contributed by atoms with E-state index < -0.39 is 0 Å². The number of nitrogen functional groups attached to an aromatic ring is 2. The quantitative estimate of drug-likeness (QED) is 0.589. The Balaban J connectivity index is 0.000000171. The van der Waals surface area contributed by atoms with Gasteiger partial charge in [0.25, 0.3) is 0 Å². The van der Waals surface area contributed by atoms with E-state index in [2.05, 4.69) is 30.2 Å². The fourth-order valence-corrected chi connectivity index (χ4v) is 2.57. The summed E-state index contributed by atoms with van der Waals surface area (Å²) in [6.45, 7) is 8.06. The highest BCUT2D eigenvalue weighted by atomic mass is 35.5. The minimum Gasteiger partial charge on any atom is -0.384 e. The van der Waals surface area contributed by atoms with Crippen LogP contribution in [0.4, 0.5) is 11.6 Å². The molecule has 2 aromatic rings. The Morgan fingerprint density at radius 3 is 1.90 bits per heavy atom. The van der Waals surface area contributed by atoms with Crippen LogP contribution >= 0.6 is 11.6 Å². The third kappa shape index (κ3) is 10.3. The molecule has 29 heavy (non-hydrogen) atoms. The standard InChI is InChI=1S/C9H14N4O.C5H6ClN3.C4H9NO/c10-8-1-2-11-9(12-8)7-13-3-5-14-6-4-13;6-3-5-8-2-1-4(7)9-5;1-3-6-4-2-5-1/h1-2H,3-7H2,(H2,10,11,12);1-2H,3H2,(H2,7,8,9);5H,1-4H2. The molecule has 2 aliphatic heterocycles. The average molecular weight is 425 g/mol. The molecular formula is C18H29ClN8O2. The van der Waals surface area contributed by atoms with Crippen LogP contribution in [0.2, 0.25) is 0 Å². The Kier molecular flexibility index (Phi) is 11.2. The molecule has 2 saturated heterocycles. The van der Waals surface area contributed by atoms with E-state index in [9.17, 15) is 0 Å². The van der Waals surface area contributed by atoms with Gasteiger partial charge >= 0.3 is 0 Å². The highest BCUT2D eigenvalue weighted by Gasteiger charge is 2.11. The van der Waals surface area contributed by atoms with E-state index in [1.54, 1.807) is 24.5 Å². The number of rotatable bonds is 3. The van der Waals surface area contributed by atoms with Crippen molar-refractivity contribution < 1.29 is 9.47 Å². The number of halogens is 1. The van der Waals surface area contributed by atoms with Crippen molar-refractivity contribution in [1.29, 1.82) is 0 Å². The maximum atomic E-state index is 5.57. The molecule has 10 nitrogen and oxygen atoms in total. The smallest absolute Gasteiger partial charge is 0.145 e. The van der Waals surface area contributed by atoms with Crippen LogP contribution in [-0.4, -0.2) is 77.4 Å². The van der Waals surface area contributed by atoms with E-state index in [-0.39, 0.29) is 0 Å². The van der Waals surface area contributed by atoms with Gasteiger partial charge in [0, 0.05) is 38.6 Å². The summed E-state index contributed by atoms with van der Waals surface area (Å²) in [6.07, 6.45) is 3.28. The molecule has 0 atom stereocenters. The van der Waals surface area contributed by atoms with Crippen LogP contribution in [-0.2, 0) is 21.9 Å². The second-order valence-corrected chi connectivity index (χ2v) is 6.45. The summed E-state index contributed by atoms with van der Waals surface area (Å²) in [6, 6.07) is 3.32. The summed E-state index contributed by atoms with van der Waals surface area (Å²) in [7, 11) is 0. The van der Waals surface area contributed by atoms with Crippen molar-refractivity contribution in [3.63, 3.8) is 0 Å². The summed E-state index contributed by atoms with van der Waals surface area (Å²) in [4.78, 5) is 18.2. The van der Waals surface area contributed by atoms with Crippen LogP contribution in [0.1, 0.15) is 11.6 Å². The number of morpholine rings is 2. The summed E-state index contributed by atoms with van der Waals surface area (Å²) < 4.78 is 10.3. The number of nitrogens with two attached hydrogens (primary N) is 2. The first-order chi connectivity index (χ1) is 14.2. The maximum Gasteiger partial charge on any atom is 0.145 e. The molecule has 0 saturated carbocycles. The lowest BCUT2D eigenvalue weighted by atomic mass is 10.4. The highest BCUT2D eigenvalue weighted by Crippen LogP contribution is 2.03. The van der Waals surface area contributed by atoms with Gasteiger partial charge in [-0.3, -0.25) is 4.90 Å². The third-order valence-electron chi connectivity index (χ3n) is 3.89. The fraction of sp³-hybridized carbons (Fsp3) is 0.556. The molecule has 5 N–H and O–H groups in total. The highest BCUT2D eigenvalue weighted by molar-refractivity contribution is 6.16. The van der Waals surface area contributed by atoms with Crippen molar-refractivity contribution in [1.82, 2.24) is 30.2 Å². The van der Waals surface area contributed by atoms with Crippen LogP contribution in [0.5, 0.6) is 0 Å². The van der Waals surface area contributed by atoms with Crippen molar-refractivity contribution in [2.75, 3.05) is 64.1 Å². The maximum absolute atomic E-state index is 5.57. The number of aromatic nitrogens is 4. The molecule has 11 heteroatoms. The van der Waals surface area contributed by atoms with E-state index in [4.69, 9.17) is 32.5 Å². The molecule has 2 aliphatic rings. The van der Waals surface area contributed by atoms with E-state index in [0.29, 0.717) is 23.3 Å². The molecule has 0 amide bonds. The van der Waals surface area contributed by atoms with Crippen LogP contribution < -0.4 is 16.8 Å². The van der Waals surface area contributed by atoms with Gasteiger partial charge in [-0.1, -0.05) is 0 Å². The molecule has 4 heterocycles. The molecule has 0 radical (unpaired) electrons. The average Bonchev–Trinajstić information content (AvgIpc) is 2.77. The van der Waals surface area contributed by atoms with Crippen molar-refractivity contribution in [3.8, 4) is 0 Å². The van der Waals surface area contributed by atoms with E-state index in [1.807, 2.05) is 0 Å². The SMILES string of the molecule is C1COCCN1.Nc1ccnc(CCl)n1.Nc1ccnc(CN2CCOCC2)n1. The zero-order valence-electron chi connectivity index (χ0n) is 16.5. The zero-order chi connectivity index (χ0) is 20.7. The first-order valence-electron chi connectivity index (χ1n) is 9.46. The van der Waals surface area contributed by atoms with Crippen LogP contribution in [0.25, 0.3) is 0 Å². The number of hydrogen-bond acceptors (Lipinski definition) is 10. The third-order valence-corrected chi connectivity index (χ3v) is 4.13. The first-order valence-corrected chi connectivity index (χ1v) is 10.00. The molecule has 4 rings (SSSR count). The van der Waals surface area contributed by atoms with Gasteiger partial charge in [0.1, 0.15) is 23.3 Å². The minimum absolute atomic E-state index is 0.311. The molecule has 160 valence electrons. The van der Waals surface area contributed by atoms with Crippen LogP contribution in [0, 0.1) is 0 Å². The van der Waals surface area contributed by atoms with E-state index >= 15 is 0 Å². The van der Waals surface area contributed by atoms with Gasteiger partial charge < -0.3 is 26.3 Å². The van der Waals surface area contributed by atoms with Gasteiger partial charge in [-0.25, -0.2) is 19.9 Å². The molecule has 0 unspecified atom stereocenters. The molecular weight excluding hydrogens is 396 g/mol. The summed E-state index contributed by atoms with van der Waals surface area (Å²) in [5.41, 5.74) is 10.9. The Morgan fingerprint density at radius 1 is 0.897 bits per heavy atom. The van der Waals surface area contributed by atoms with Gasteiger partial charge in [0.05, 0.1) is 38.9 Å². The Hall–Kier alpha value is -2.11. The van der Waals surface area contributed by atoms with Gasteiger partial charge in [0.15, 0.2) is 0 Å². The second kappa shape index (κ2) is 14.0. The topological polar surface area (TPSA) is 137 Å². The predicted molar refractivity (Wildman–Crippen MR) is 112 cm³/mol. The van der Waals surface area contributed by atoms with Crippen molar-refractivity contribution >= 4 is 23.2 Å². The molecule has 0 bridgehead atoms. The summed E-state index contributed by atoms with van der Waals surface area (Å²) in [5, 5.41) is 3.16. The molecule has 0 aromatic carbocycles. The van der Waals surface area contributed by atoms with Crippen molar-refractivity contribution in [2.24, 2.45) is 0 Å². The lowest BCUT2D eigenvalue weighted by molar-refractivity contribution is 0.0331. The van der Waals surface area contributed by atoms with E-state index in [0.717, 1.165) is 65.0 Å². The number of nitrogens with zero attached hydrogens (tertiary/aromatic N) is 5. The predicted octanol–water partition coefficient (Wildman–Crippen LogP) is 0.295. The number of hydrogen-bond donors (Lipinski definition) is 3. The van der Waals surface area contributed by atoms with E-state index in [1.165, 1.54) is 0 Å². The van der Waals surface area contributed by atoms with Crippen LogP contribution in [0.15, 0.2) is 24.5 Å². The van der Waals surface area contributed by atoms with Crippen molar-refractivity contribution in [2.45, 2.75) is 12.4 Å². The normalized spacial score (nSPS) is 16.7. The first kappa shape index (κ1) is 23.2. The van der Waals surface area contributed by atoms with Crippen LogP contribution in [0.3, 0.4) is 0 Å². The summed E-state index contributed by atoms with van der Waals surface area (Å²) >= 11 is 5.42. The van der Waals surface area contributed by atoms with Gasteiger partial charge in [-0.2, -0.15) is 0 Å². The van der Waals surface area contributed by atoms with Gasteiger partial charge in [0.2, 0.25) is 0 Å². The summed E-state index contributed by atoms with van der Waals surface area (Å²) in [5.74, 6) is 2.65. The van der Waals surface area contributed by atoms with Crippen molar-refractivity contribution in [3.05, 3.63) is 36.2 Å². The number of nitrogens with one attached hydrogen (secondary N) is 1. The Morgan fingerprint density at radius 2 is 1.45 bits per heavy atom. The molecule has 0 aliphatic carbocycles. The van der Waals surface area contributed by atoms with Gasteiger partial charge in [-0.15, -0.1) is 11.6 Å². The number of anilines is 2. The Bertz CT molecular complexity index is 688. The largest absolute Gasteiger partial charge is 0.384 e. The zero-order valence-corrected chi connectivity index (χ0v) is 17.2. The van der Waals surface area contributed by atoms with Gasteiger partial charge in [-0.05, 0) is 12.1 Å². The monoisotopic (exact) mass is 424 g/mol. The molecule has 2 aromatic heterocycles. The minimum atomic E-state index is 0.311. The second-order valence-electron chi connectivity index (χ2n) is 6.18. The fourth-order valence-electron chi connectivity index (χ4n) is 2.45.